The number of amides is 2. The van der Waals surface area contributed by atoms with Crippen LogP contribution in [-0.2, 0) is 9.59 Å². The van der Waals surface area contributed by atoms with Crippen LogP contribution in [0.4, 0.5) is 5.95 Å². The highest BCUT2D eigenvalue weighted by Crippen LogP contribution is 2.29. The first-order valence-electron chi connectivity index (χ1n) is 5.83. The number of carbonyl (C=O) groups is 2. The summed E-state index contributed by atoms with van der Waals surface area (Å²) in [5.74, 6) is -0.296. The maximum absolute atomic E-state index is 11.9. The van der Waals surface area contributed by atoms with E-state index in [-0.39, 0.29) is 17.8 Å². The van der Waals surface area contributed by atoms with E-state index in [0.717, 1.165) is 15.5 Å². The second-order valence-corrected chi connectivity index (χ2v) is 5.36. The summed E-state index contributed by atoms with van der Waals surface area (Å²) in [6.45, 7) is 0. The van der Waals surface area contributed by atoms with Gasteiger partial charge in [-0.05, 0) is 24.6 Å². The van der Waals surface area contributed by atoms with E-state index in [0.29, 0.717) is 12.8 Å². The molecular weight excluding hydrogens is 312 g/mol. The van der Waals surface area contributed by atoms with Crippen molar-refractivity contribution in [3.05, 3.63) is 22.7 Å². The third-order valence-electron chi connectivity index (χ3n) is 3.20. The number of rotatable bonds is 1. The maximum atomic E-state index is 11.9. The summed E-state index contributed by atoms with van der Waals surface area (Å²) in [6.07, 6.45) is 0.746. The van der Waals surface area contributed by atoms with Gasteiger partial charge in [-0.1, -0.05) is 15.9 Å². The zero-order chi connectivity index (χ0) is 13.6. The van der Waals surface area contributed by atoms with Gasteiger partial charge in [-0.25, -0.2) is 4.98 Å². The third-order valence-corrected chi connectivity index (χ3v) is 3.69. The van der Waals surface area contributed by atoms with E-state index in [4.69, 9.17) is 5.73 Å². The van der Waals surface area contributed by atoms with E-state index in [1.807, 2.05) is 18.2 Å². The molecule has 1 unspecified atom stereocenters. The summed E-state index contributed by atoms with van der Waals surface area (Å²) >= 11 is 3.39. The molecule has 0 spiro atoms. The van der Waals surface area contributed by atoms with Gasteiger partial charge >= 0.3 is 0 Å². The van der Waals surface area contributed by atoms with Crippen LogP contribution in [0.1, 0.15) is 18.9 Å². The summed E-state index contributed by atoms with van der Waals surface area (Å²) in [4.78, 5) is 27.4. The zero-order valence-electron chi connectivity index (χ0n) is 9.89. The van der Waals surface area contributed by atoms with Crippen LogP contribution in [0.25, 0.3) is 11.0 Å². The minimum Gasteiger partial charge on any atom is -0.369 e. The number of benzene rings is 1. The largest absolute Gasteiger partial charge is 0.369 e. The van der Waals surface area contributed by atoms with Gasteiger partial charge < -0.3 is 5.73 Å². The standard InChI is InChI=1S/C12H11BrN4O2/c13-6-1-2-7-9(5-6)17(12(14)15-7)8-3-4-10(18)16-11(8)19/h1-2,5,8H,3-4H2,(H2,14,15)(H,16,18,19). The first-order chi connectivity index (χ1) is 9.06. The topological polar surface area (TPSA) is 90.0 Å². The molecule has 3 rings (SSSR count). The molecule has 98 valence electrons. The molecule has 19 heavy (non-hydrogen) atoms. The molecule has 0 saturated carbocycles. The van der Waals surface area contributed by atoms with Crippen molar-refractivity contribution in [2.45, 2.75) is 18.9 Å². The van der Waals surface area contributed by atoms with Crippen LogP contribution in [0.2, 0.25) is 0 Å². The number of nitrogens with zero attached hydrogens (tertiary/aromatic N) is 2. The molecule has 1 aromatic heterocycles. The lowest BCUT2D eigenvalue weighted by Crippen LogP contribution is -2.41. The Kier molecular flexibility index (Phi) is 2.78. The molecule has 0 radical (unpaired) electrons. The van der Waals surface area contributed by atoms with Crippen molar-refractivity contribution < 1.29 is 9.59 Å². The van der Waals surface area contributed by atoms with Gasteiger partial charge in [0.05, 0.1) is 11.0 Å². The number of fused-ring (bicyclic) bond motifs is 1. The fourth-order valence-electron chi connectivity index (χ4n) is 2.34. The van der Waals surface area contributed by atoms with Crippen LogP contribution in [0.3, 0.4) is 0 Å². The molecule has 2 amide bonds. The molecule has 3 N–H and O–H groups in total. The molecule has 0 bridgehead atoms. The molecular formula is C12H11BrN4O2. The van der Waals surface area contributed by atoms with Gasteiger partial charge in [0.2, 0.25) is 17.8 Å². The van der Waals surface area contributed by atoms with E-state index in [1.54, 1.807) is 4.57 Å². The lowest BCUT2D eigenvalue weighted by atomic mass is 10.1. The van der Waals surface area contributed by atoms with Crippen molar-refractivity contribution >= 4 is 44.7 Å². The number of aromatic nitrogens is 2. The van der Waals surface area contributed by atoms with Crippen LogP contribution in [0.15, 0.2) is 22.7 Å². The first kappa shape index (κ1) is 12.2. The number of nitrogens with two attached hydrogens (primary N) is 1. The summed E-state index contributed by atoms with van der Waals surface area (Å²) in [6, 6.07) is 5.07. The molecule has 1 saturated heterocycles. The molecule has 2 heterocycles. The maximum Gasteiger partial charge on any atom is 0.249 e. The van der Waals surface area contributed by atoms with Gasteiger partial charge in [0.1, 0.15) is 6.04 Å². The number of halogens is 1. The zero-order valence-corrected chi connectivity index (χ0v) is 11.5. The molecule has 1 atom stereocenters. The van der Waals surface area contributed by atoms with Crippen LogP contribution in [0.5, 0.6) is 0 Å². The lowest BCUT2D eigenvalue weighted by Gasteiger charge is -2.23. The lowest BCUT2D eigenvalue weighted by molar-refractivity contribution is -0.135. The Balaban J connectivity index is 2.14. The number of carbonyl (C=O) groups excluding carboxylic acids is 2. The number of nitrogen functional groups attached to an aromatic ring is 1. The Morgan fingerprint density at radius 1 is 1.42 bits per heavy atom. The van der Waals surface area contributed by atoms with E-state index in [9.17, 15) is 9.59 Å². The van der Waals surface area contributed by atoms with Crippen molar-refractivity contribution in [3.63, 3.8) is 0 Å². The number of piperidine rings is 1. The van der Waals surface area contributed by atoms with Crippen LogP contribution < -0.4 is 11.1 Å². The predicted octanol–water partition coefficient (Wildman–Crippen LogP) is 1.36. The number of nitrogens with one attached hydrogen (secondary N) is 1. The van der Waals surface area contributed by atoms with Crippen molar-refractivity contribution in [2.24, 2.45) is 0 Å². The second-order valence-electron chi connectivity index (χ2n) is 4.44. The molecule has 6 nitrogen and oxygen atoms in total. The van der Waals surface area contributed by atoms with Crippen molar-refractivity contribution in [1.82, 2.24) is 14.9 Å². The van der Waals surface area contributed by atoms with Gasteiger partial charge in [-0.2, -0.15) is 0 Å². The Labute approximate surface area is 117 Å². The minimum absolute atomic E-state index is 0.245. The van der Waals surface area contributed by atoms with Crippen LogP contribution in [0, 0.1) is 0 Å². The molecule has 7 heteroatoms. The molecule has 1 fully saturated rings. The van der Waals surface area contributed by atoms with Gasteiger partial charge in [0, 0.05) is 10.9 Å². The second kappa shape index (κ2) is 4.34. The van der Waals surface area contributed by atoms with Crippen molar-refractivity contribution in [2.75, 3.05) is 5.73 Å². The minimum atomic E-state index is -0.489. The van der Waals surface area contributed by atoms with E-state index in [1.165, 1.54) is 0 Å². The number of imidazole rings is 1. The molecule has 0 aliphatic carbocycles. The summed E-state index contributed by atoms with van der Waals surface area (Å²) < 4.78 is 2.57. The van der Waals surface area contributed by atoms with E-state index >= 15 is 0 Å². The Morgan fingerprint density at radius 2 is 2.21 bits per heavy atom. The Bertz CT molecular complexity index is 694. The van der Waals surface area contributed by atoms with Gasteiger partial charge in [-0.15, -0.1) is 0 Å². The summed E-state index contributed by atoms with van der Waals surface area (Å²) in [5.41, 5.74) is 7.41. The van der Waals surface area contributed by atoms with E-state index in [2.05, 4.69) is 26.2 Å². The molecule has 1 aliphatic rings. The average molecular weight is 323 g/mol. The van der Waals surface area contributed by atoms with Gasteiger partial charge in [0.25, 0.3) is 0 Å². The monoisotopic (exact) mass is 322 g/mol. The average Bonchev–Trinajstić information content (AvgIpc) is 2.65. The molecule has 1 aromatic carbocycles. The number of anilines is 1. The highest BCUT2D eigenvalue weighted by Gasteiger charge is 2.30. The molecule has 1 aliphatic heterocycles. The van der Waals surface area contributed by atoms with Crippen LogP contribution in [-0.4, -0.2) is 21.4 Å². The Hall–Kier alpha value is -1.89. The van der Waals surface area contributed by atoms with Crippen molar-refractivity contribution in [1.29, 1.82) is 0 Å². The quantitative estimate of drug-likeness (QED) is 0.776. The fraction of sp³-hybridized carbons (Fsp3) is 0.250. The highest BCUT2D eigenvalue weighted by atomic mass is 79.9. The first-order valence-corrected chi connectivity index (χ1v) is 6.62. The van der Waals surface area contributed by atoms with Crippen molar-refractivity contribution in [3.8, 4) is 0 Å². The predicted molar refractivity (Wildman–Crippen MR) is 73.3 cm³/mol. The Morgan fingerprint density at radius 3 is 2.95 bits per heavy atom. The molecule has 2 aromatic rings. The summed E-state index contributed by atoms with van der Waals surface area (Å²) in [5, 5.41) is 2.33. The number of hydrogen-bond acceptors (Lipinski definition) is 4. The van der Waals surface area contributed by atoms with Gasteiger partial charge in [-0.3, -0.25) is 19.5 Å². The van der Waals surface area contributed by atoms with Crippen LogP contribution >= 0.6 is 15.9 Å². The number of hydrogen-bond donors (Lipinski definition) is 2. The smallest absolute Gasteiger partial charge is 0.249 e. The fourth-order valence-corrected chi connectivity index (χ4v) is 2.69. The van der Waals surface area contributed by atoms with E-state index < -0.39 is 6.04 Å². The normalized spacial score (nSPS) is 19.7. The van der Waals surface area contributed by atoms with Gasteiger partial charge in [0.15, 0.2) is 0 Å². The third kappa shape index (κ3) is 1.99. The highest BCUT2D eigenvalue weighted by molar-refractivity contribution is 9.10. The number of imide groups is 1. The summed E-state index contributed by atoms with van der Waals surface area (Å²) in [7, 11) is 0. The SMILES string of the molecule is Nc1nc2ccc(Br)cc2n1C1CCC(=O)NC1=O.